The minimum absolute atomic E-state index is 0.0886. The maximum atomic E-state index is 13.0. The van der Waals surface area contributed by atoms with Crippen molar-refractivity contribution in [2.75, 3.05) is 31.1 Å². The van der Waals surface area contributed by atoms with Crippen molar-refractivity contribution in [3.63, 3.8) is 0 Å². The molecule has 2 aliphatic heterocycles. The van der Waals surface area contributed by atoms with E-state index in [0.717, 1.165) is 12.1 Å². The number of rotatable bonds is 4. The van der Waals surface area contributed by atoms with Crippen LogP contribution in [0.5, 0.6) is 0 Å². The lowest BCUT2D eigenvalue weighted by Gasteiger charge is -2.37. The highest BCUT2D eigenvalue weighted by atomic mass is 16.6. The number of carbonyl (C=O) groups is 1. The first-order valence-corrected chi connectivity index (χ1v) is 10.3. The zero-order valence-corrected chi connectivity index (χ0v) is 17.3. The van der Waals surface area contributed by atoms with Crippen LogP contribution in [0.15, 0.2) is 42.5 Å². The average molecular weight is 409 g/mol. The molecule has 0 spiro atoms. The number of piperazine rings is 1. The molecule has 0 aliphatic carbocycles. The van der Waals surface area contributed by atoms with Gasteiger partial charge in [0, 0.05) is 50.0 Å². The van der Waals surface area contributed by atoms with E-state index in [0.29, 0.717) is 26.2 Å². The monoisotopic (exact) mass is 409 g/mol. The number of benzene rings is 2. The van der Waals surface area contributed by atoms with E-state index in [2.05, 4.69) is 47.8 Å². The summed E-state index contributed by atoms with van der Waals surface area (Å²) < 4.78 is 0. The van der Waals surface area contributed by atoms with E-state index in [1.807, 2.05) is 4.90 Å². The number of hydrogen-bond acceptors (Lipinski definition) is 6. The van der Waals surface area contributed by atoms with Crippen LogP contribution >= 0.6 is 0 Å². The highest BCUT2D eigenvalue weighted by Gasteiger charge is 2.34. The predicted octanol–water partition coefficient (Wildman–Crippen LogP) is 2.47. The minimum atomic E-state index is -0.395. The van der Waals surface area contributed by atoms with Crippen molar-refractivity contribution in [2.45, 2.75) is 32.4 Å². The number of aryl methyl sites for hydroxylation is 2. The molecule has 4 rings (SSSR count). The van der Waals surface area contributed by atoms with Gasteiger partial charge in [-0.05, 0) is 49.1 Å². The molecule has 2 unspecified atom stereocenters. The van der Waals surface area contributed by atoms with Gasteiger partial charge in [0.15, 0.2) is 0 Å². The smallest absolute Gasteiger partial charge is 0.269 e. The number of anilines is 1. The molecule has 8 nitrogen and oxygen atoms in total. The molecule has 2 aliphatic rings. The van der Waals surface area contributed by atoms with Crippen LogP contribution in [-0.2, 0) is 4.79 Å². The third kappa shape index (κ3) is 4.15. The molecule has 8 heteroatoms. The van der Waals surface area contributed by atoms with Gasteiger partial charge in [0.1, 0.15) is 6.04 Å². The number of nitrogens with zero attached hydrogens (tertiary/aromatic N) is 3. The SMILES string of the molecule is Cc1ccc(C2CC(C(=O)N3CCN(c4ccc([N+](=O)[O-])cc4)CC3)NN2)cc1C. The Bertz CT molecular complexity index is 938. The van der Waals surface area contributed by atoms with Crippen LogP contribution in [0.25, 0.3) is 0 Å². The van der Waals surface area contributed by atoms with Crippen LogP contribution in [0.1, 0.15) is 29.2 Å². The van der Waals surface area contributed by atoms with Crippen molar-refractivity contribution < 1.29 is 9.72 Å². The summed E-state index contributed by atoms with van der Waals surface area (Å²) in [4.78, 5) is 27.5. The molecule has 0 radical (unpaired) electrons. The average Bonchev–Trinajstić information content (AvgIpc) is 3.25. The molecule has 2 aromatic carbocycles. The Morgan fingerprint density at radius 2 is 1.70 bits per heavy atom. The molecule has 0 bridgehead atoms. The van der Waals surface area contributed by atoms with E-state index < -0.39 is 4.92 Å². The maximum absolute atomic E-state index is 13.0. The van der Waals surface area contributed by atoms with E-state index in [1.54, 1.807) is 12.1 Å². The Morgan fingerprint density at radius 1 is 1.00 bits per heavy atom. The molecular weight excluding hydrogens is 382 g/mol. The van der Waals surface area contributed by atoms with Crippen LogP contribution in [0.3, 0.4) is 0 Å². The number of hydrogen-bond donors (Lipinski definition) is 2. The Kier molecular flexibility index (Phi) is 5.69. The van der Waals surface area contributed by atoms with Crippen LogP contribution in [0, 0.1) is 24.0 Å². The summed E-state index contributed by atoms with van der Waals surface area (Å²) in [6, 6.07) is 12.9. The van der Waals surface area contributed by atoms with Crippen LogP contribution in [0.4, 0.5) is 11.4 Å². The van der Waals surface area contributed by atoms with Gasteiger partial charge in [-0.25, -0.2) is 10.9 Å². The second-order valence-corrected chi connectivity index (χ2v) is 8.06. The summed E-state index contributed by atoms with van der Waals surface area (Å²) >= 11 is 0. The zero-order chi connectivity index (χ0) is 21.3. The van der Waals surface area contributed by atoms with Gasteiger partial charge < -0.3 is 9.80 Å². The van der Waals surface area contributed by atoms with E-state index in [9.17, 15) is 14.9 Å². The molecule has 2 aromatic rings. The van der Waals surface area contributed by atoms with Gasteiger partial charge in [0.2, 0.25) is 5.91 Å². The van der Waals surface area contributed by atoms with Crippen LogP contribution in [0.2, 0.25) is 0 Å². The maximum Gasteiger partial charge on any atom is 0.269 e. The predicted molar refractivity (Wildman–Crippen MR) is 115 cm³/mol. The van der Waals surface area contributed by atoms with E-state index in [4.69, 9.17) is 0 Å². The fraction of sp³-hybridized carbons (Fsp3) is 0.409. The molecule has 2 saturated heterocycles. The van der Waals surface area contributed by atoms with Crippen LogP contribution < -0.4 is 15.8 Å². The van der Waals surface area contributed by atoms with Gasteiger partial charge >= 0.3 is 0 Å². The third-order valence-corrected chi connectivity index (χ3v) is 6.15. The Balaban J connectivity index is 1.32. The van der Waals surface area contributed by atoms with E-state index >= 15 is 0 Å². The van der Waals surface area contributed by atoms with Crippen molar-refractivity contribution in [1.82, 2.24) is 15.8 Å². The second kappa shape index (κ2) is 8.41. The van der Waals surface area contributed by atoms with Crippen molar-refractivity contribution in [3.05, 3.63) is 69.3 Å². The minimum Gasteiger partial charge on any atom is -0.368 e. The summed E-state index contributed by atoms with van der Waals surface area (Å²) in [6.45, 7) is 6.91. The fourth-order valence-corrected chi connectivity index (χ4v) is 4.11. The molecule has 2 fully saturated rings. The first-order valence-electron chi connectivity index (χ1n) is 10.3. The molecule has 158 valence electrons. The number of non-ortho nitro benzene ring substituents is 1. The van der Waals surface area contributed by atoms with E-state index in [-0.39, 0.29) is 23.7 Å². The third-order valence-electron chi connectivity index (χ3n) is 6.15. The number of hydrazine groups is 1. The van der Waals surface area contributed by atoms with Crippen molar-refractivity contribution in [3.8, 4) is 0 Å². The van der Waals surface area contributed by atoms with Gasteiger partial charge in [-0.15, -0.1) is 0 Å². The van der Waals surface area contributed by atoms with Gasteiger partial charge in [0.05, 0.1) is 4.92 Å². The van der Waals surface area contributed by atoms with Crippen molar-refractivity contribution in [2.24, 2.45) is 0 Å². The summed E-state index contributed by atoms with van der Waals surface area (Å²) in [5, 5.41) is 10.8. The Labute approximate surface area is 176 Å². The number of carbonyl (C=O) groups excluding carboxylic acids is 1. The lowest BCUT2D eigenvalue weighted by Crippen LogP contribution is -2.53. The number of amides is 1. The zero-order valence-electron chi connectivity index (χ0n) is 17.3. The van der Waals surface area contributed by atoms with Gasteiger partial charge in [-0.2, -0.15) is 0 Å². The topological polar surface area (TPSA) is 90.8 Å². The van der Waals surface area contributed by atoms with Crippen LogP contribution in [-0.4, -0.2) is 48.0 Å². The Morgan fingerprint density at radius 3 is 2.33 bits per heavy atom. The molecule has 1 amide bonds. The van der Waals surface area contributed by atoms with E-state index in [1.165, 1.54) is 28.8 Å². The van der Waals surface area contributed by atoms with Crippen molar-refractivity contribution in [1.29, 1.82) is 0 Å². The fourth-order valence-electron chi connectivity index (χ4n) is 4.11. The van der Waals surface area contributed by atoms with Gasteiger partial charge in [0.25, 0.3) is 5.69 Å². The number of nitro benzene ring substituents is 1. The molecule has 30 heavy (non-hydrogen) atoms. The van der Waals surface area contributed by atoms with Crippen molar-refractivity contribution >= 4 is 17.3 Å². The largest absolute Gasteiger partial charge is 0.368 e. The highest BCUT2D eigenvalue weighted by Crippen LogP contribution is 2.26. The number of nitrogens with one attached hydrogen (secondary N) is 2. The first kappa shape index (κ1) is 20.3. The summed E-state index contributed by atoms with van der Waals surface area (Å²) in [6.07, 6.45) is 0.726. The molecule has 2 atom stereocenters. The normalized spacial score (nSPS) is 21.7. The highest BCUT2D eigenvalue weighted by molar-refractivity contribution is 5.82. The molecular formula is C22H27N5O3. The Hall–Kier alpha value is -2.97. The quantitative estimate of drug-likeness (QED) is 0.596. The first-order chi connectivity index (χ1) is 14.4. The van der Waals surface area contributed by atoms with Gasteiger partial charge in [-0.3, -0.25) is 14.9 Å². The lowest BCUT2D eigenvalue weighted by molar-refractivity contribution is -0.384. The summed E-state index contributed by atoms with van der Waals surface area (Å²) in [5.74, 6) is 0.122. The second-order valence-electron chi connectivity index (χ2n) is 8.06. The standard InChI is InChI=1S/C22H27N5O3/c1-15-3-4-17(13-16(15)2)20-14-21(24-23-20)22(28)26-11-9-25(10-12-26)18-5-7-19(8-6-18)27(29)30/h3-8,13,20-21,23-24H,9-12,14H2,1-2H3. The van der Waals surface area contributed by atoms with Gasteiger partial charge in [-0.1, -0.05) is 18.2 Å². The lowest BCUT2D eigenvalue weighted by atomic mass is 9.98. The summed E-state index contributed by atoms with van der Waals surface area (Å²) in [7, 11) is 0. The molecule has 0 aromatic heterocycles. The summed E-state index contributed by atoms with van der Waals surface area (Å²) in [5.41, 5.74) is 11.2. The number of nitro groups is 1. The molecule has 0 saturated carbocycles. The molecule has 2 N–H and O–H groups in total. The molecule has 2 heterocycles.